The summed E-state index contributed by atoms with van der Waals surface area (Å²) in [5, 5.41) is 84.8. The van der Waals surface area contributed by atoms with Crippen LogP contribution in [-0.2, 0) is 28.4 Å². The van der Waals surface area contributed by atoms with Crippen LogP contribution in [0.4, 0.5) is 0 Å². The minimum absolute atomic E-state index is 0.0431. The van der Waals surface area contributed by atoms with E-state index in [0.717, 1.165) is 45.1 Å². The molecular formula is C39H64O14. The number of hydrogen-bond donors (Lipinski definition) is 8. The third kappa shape index (κ3) is 6.20. The van der Waals surface area contributed by atoms with Crippen LogP contribution in [0.5, 0.6) is 0 Å². The fraction of sp³-hybridized carbons (Fsp3) is 1.00. The van der Waals surface area contributed by atoms with Gasteiger partial charge in [0.2, 0.25) is 0 Å². The molecule has 23 atom stereocenters. The Morgan fingerprint density at radius 3 is 2.02 bits per heavy atom. The van der Waals surface area contributed by atoms with Crippen molar-refractivity contribution in [2.24, 2.45) is 52.3 Å². The van der Waals surface area contributed by atoms with Crippen LogP contribution in [0.1, 0.15) is 85.5 Å². The van der Waals surface area contributed by atoms with E-state index in [0.29, 0.717) is 42.9 Å². The topological polar surface area (TPSA) is 217 Å². The number of rotatable bonds is 6. The van der Waals surface area contributed by atoms with Crippen molar-refractivity contribution in [2.75, 3.05) is 19.8 Å². The van der Waals surface area contributed by atoms with Crippen LogP contribution in [0.3, 0.4) is 0 Å². The fourth-order valence-corrected chi connectivity index (χ4v) is 13.2. The lowest BCUT2D eigenvalue weighted by Crippen LogP contribution is -2.66. The second kappa shape index (κ2) is 14.4. The summed E-state index contributed by atoms with van der Waals surface area (Å²) in [6.07, 6.45) is -8.07. The normalized spacial score (nSPS) is 59.5. The van der Waals surface area contributed by atoms with Gasteiger partial charge in [0.1, 0.15) is 48.8 Å². The molecule has 8 N–H and O–H groups in total. The summed E-state index contributed by atoms with van der Waals surface area (Å²) in [5.41, 5.74) is -0.111. The van der Waals surface area contributed by atoms with E-state index in [2.05, 4.69) is 27.7 Å². The molecule has 4 aliphatic heterocycles. The van der Waals surface area contributed by atoms with E-state index in [-0.39, 0.29) is 34.7 Å². The highest BCUT2D eigenvalue weighted by atomic mass is 16.8. The van der Waals surface area contributed by atoms with Crippen molar-refractivity contribution in [3.63, 3.8) is 0 Å². The van der Waals surface area contributed by atoms with Crippen molar-refractivity contribution in [3.05, 3.63) is 0 Å². The number of aliphatic hydroxyl groups is 8. The molecule has 304 valence electrons. The van der Waals surface area contributed by atoms with Gasteiger partial charge in [-0.15, -0.1) is 0 Å². The fourth-order valence-electron chi connectivity index (χ4n) is 13.2. The van der Waals surface area contributed by atoms with E-state index in [4.69, 9.17) is 28.4 Å². The zero-order valence-electron chi connectivity index (χ0n) is 31.6. The highest BCUT2D eigenvalue weighted by Crippen LogP contribution is 2.71. The first-order valence-electron chi connectivity index (χ1n) is 20.4. The van der Waals surface area contributed by atoms with Gasteiger partial charge in [0.15, 0.2) is 18.4 Å². The molecule has 0 amide bonds. The molecule has 8 rings (SSSR count). The van der Waals surface area contributed by atoms with Gasteiger partial charge in [-0.1, -0.05) is 27.7 Å². The molecule has 4 saturated carbocycles. The van der Waals surface area contributed by atoms with E-state index in [1.54, 1.807) is 0 Å². The first kappa shape index (κ1) is 39.3. The lowest BCUT2D eigenvalue weighted by molar-refractivity contribution is -0.377. The van der Waals surface area contributed by atoms with Crippen LogP contribution in [0, 0.1) is 52.3 Å². The van der Waals surface area contributed by atoms with Crippen LogP contribution >= 0.6 is 0 Å². The number of aliphatic hydroxyl groups excluding tert-OH is 8. The maximum atomic E-state index is 11.4. The number of fused-ring (bicyclic) bond motifs is 7. The number of ether oxygens (including phenoxy) is 6. The van der Waals surface area contributed by atoms with E-state index < -0.39 is 92.6 Å². The first-order valence-corrected chi connectivity index (χ1v) is 20.4. The Labute approximate surface area is 312 Å². The Bertz CT molecular complexity index is 1300. The van der Waals surface area contributed by atoms with Crippen LogP contribution in [0.25, 0.3) is 0 Å². The van der Waals surface area contributed by atoms with Gasteiger partial charge in [0.05, 0.1) is 38.1 Å². The molecule has 14 nitrogen and oxygen atoms in total. The molecule has 0 bridgehead atoms. The second-order valence-electron chi connectivity index (χ2n) is 18.8. The molecule has 0 radical (unpaired) electrons. The second-order valence-corrected chi connectivity index (χ2v) is 18.8. The molecular weight excluding hydrogens is 692 g/mol. The van der Waals surface area contributed by atoms with Gasteiger partial charge in [0.25, 0.3) is 0 Å². The zero-order chi connectivity index (χ0) is 37.8. The summed E-state index contributed by atoms with van der Waals surface area (Å²) in [7, 11) is 0. The number of hydrogen-bond acceptors (Lipinski definition) is 14. The van der Waals surface area contributed by atoms with Crippen molar-refractivity contribution >= 4 is 0 Å². The van der Waals surface area contributed by atoms with Gasteiger partial charge < -0.3 is 69.3 Å². The minimum atomic E-state index is -1.76. The monoisotopic (exact) mass is 756 g/mol. The predicted molar refractivity (Wildman–Crippen MR) is 184 cm³/mol. The predicted octanol–water partition coefficient (Wildman–Crippen LogP) is 0.413. The van der Waals surface area contributed by atoms with Gasteiger partial charge >= 0.3 is 0 Å². The highest BCUT2D eigenvalue weighted by molar-refractivity contribution is 5.16. The van der Waals surface area contributed by atoms with Gasteiger partial charge in [-0.25, -0.2) is 0 Å². The summed E-state index contributed by atoms with van der Waals surface area (Å²) in [4.78, 5) is 0. The molecule has 8 aliphatic rings. The molecule has 4 saturated heterocycles. The van der Waals surface area contributed by atoms with Crippen LogP contribution in [0.15, 0.2) is 0 Å². The first-order chi connectivity index (χ1) is 25.2. The molecule has 8 fully saturated rings. The quantitative estimate of drug-likeness (QED) is 0.173. The summed E-state index contributed by atoms with van der Waals surface area (Å²) in [6, 6.07) is 0. The smallest absolute Gasteiger partial charge is 0.187 e. The molecule has 0 aromatic heterocycles. The Kier molecular flexibility index (Phi) is 10.6. The molecule has 0 aromatic rings. The van der Waals surface area contributed by atoms with Crippen molar-refractivity contribution in [3.8, 4) is 0 Å². The molecule has 53 heavy (non-hydrogen) atoms. The van der Waals surface area contributed by atoms with Gasteiger partial charge in [-0.3, -0.25) is 0 Å². The summed E-state index contributed by atoms with van der Waals surface area (Å²) in [5.74, 6) is 1.70. The third-order valence-electron chi connectivity index (χ3n) is 16.2. The Morgan fingerprint density at radius 2 is 1.34 bits per heavy atom. The zero-order valence-corrected chi connectivity index (χ0v) is 31.6. The van der Waals surface area contributed by atoms with Crippen LogP contribution in [0.2, 0.25) is 0 Å². The summed E-state index contributed by atoms with van der Waals surface area (Å²) >= 11 is 0. The summed E-state index contributed by atoms with van der Waals surface area (Å²) < 4.78 is 38.2. The lowest BCUT2D eigenvalue weighted by Gasteiger charge is -2.63. The van der Waals surface area contributed by atoms with Crippen molar-refractivity contribution < 1.29 is 69.3 Å². The van der Waals surface area contributed by atoms with Crippen molar-refractivity contribution in [1.29, 1.82) is 0 Å². The minimum Gasteiger partial charge on any atom is -0.394 e. The molecule has 1 spiro atoms. The van der Waals surface area contributed by atoms with E-state index in [1.165, 1.54) is 0 Å². The van der Waals surface area contributed by atoms with Crippen molar-refractivity contribution in [1.82, 2.24) is 0 Å². The van der Waals surface area contributed by atoms with Gasteiger partial charge in [-0.2, -0.15) is 0 Å². The molecule has 4 aliphatic carbocycles. The van der Waals surface area contributed by atoms with Crippen LogP contribution in [-0.4, -0.2) is 146 Å². The summed E-state index contributed by atoms with van der Waals surface area (Å²) in [6.45, 7) is 8.84. The third-order valence-corrected chi connectivity index (χ3v) is 16.2. The molecule has 0 unspecified atom stereocenters. The van der Waals surface area contributed by atoms with Gasteiger partial charge in [-0.05, 0) is 97.7 Å². The lowest BCUT2D eigenvalue weighted by atomic mass is 9.43. The Morgan fingerprint density at radius 1 is 0.660 bits per heavy atom. The standard InChI is InChI=1S/C39H64O14/c1-17-5-10-39(48-16-17)18(2)28-25(53-39)13-22-20-12-24(23-11-19(42)6-8-37(23,3)21(20)7-9-38(22,28)4)49-36-34(32(46)30(44)27(15-41)51-36)52-35-33(47)31(45)29(43)26(14-40)50-35/h17-36,40-47H,5-16H2,1-4H3/t17-,18+,19-,20+,21+,22-,23-,24+,25+,26+,27+,28+,29+,30-,31-,32+,33+,34-,35-,36+,37+,38-,39+/m0/s1. The Balaban J connectivity index is 1.08. The molecule has 4 heterocycles. The van der Waals surface area contributed by atoms with E-state index in [1.807, 2.05) is 0 Å². The average Bonchev–Trinajstić information content (AvgIpc) is 3.58. The average molecular weight is 757 g/mol. The Hall–Kier alpha value is -0.560. The largest absolute Gasteiger partial charge is 0.394 e. The van der Waals surface area contributed by atoms with Crippen molar-refractivity contribution in [2.45, 2.75) is 171 Å². The maximum absolute atomic E-state index is 11.4. The van der Waals surface area contributed by atoms with Gasteiger partial charge in [0, 0.05) is 12.3 Å². The van der Waals surface area contributed by atoms with E-state index >= 15 is 0 Å². The van der Waals surface area contributed by atoms with Crippen LogP contribution < -0.4 is 0 Å². The highest BCUT2D eigenvalue weighted by Gasteiger charge is 2.70. The SMILES string of the molecule is C[C@H]1CC[C@@]2(OC1)O[C@@H]1C[C@H]3[C@@H]4C[C@@H](O[C@@H]5O[C@H](CO)[C@H](O)[C@@H](O)[C@@H]5O[C@@H]5O[C@H](CO)[C@@H](O)[C@H](O)[C@H]5O)[C@@H]5C[C@@H](O)CC[C@]5(C)[C@@H]4CC[C@]3(C)[C@@H]1[C@H]2C. The molecule has 14 heteroatoms. The maximum Gasteiger partial charge on any atom is 0.187 e. The molecule has 0 aromatic carbocycles. The van der Waals surface area contributed by atoms with E-state index in [9.17, 15) is 40.9 Å².